The van der Waals surface area contributed by atoms with E-state index in [0.717, 1.165) is 15.4 Å². The number of thiazole rings is 1. The summed E-state index contributed by atoms with van der Waals surface area (Å²) in [5.74, 6) is 1.24. The highest BCUT2D eigenvalue weighted by Crippen LogP contribution is 2.31. The quantitative estimate of drug-likeness (QED) is 0.696. The summed E-state index contributed by atoms with van der Waals surface area (Å²) in [6, 6.07) is 9.31. The van der Waals surface area contributed by atoms with Gasteiger partial charge in [0.1, 0.15) is 21.4 Å². The molecule has 0 bridgehead atoms. The number of aromatic nitrogens is 1. The predicted octanol–water partition coefficient (Wildman–Crippen LogP) is 4.38. The van der Waals surface area contributed by atoms with Gasteiger partial charge in [0.25, 0.3) is 5.91 Å². The number of hydrogen-bond acceptors (Lipinski definition) is 6. The number of rotatable bonds is 6. The highest BCUT2D eigenvalue weighted by Gasteiger charge is 2.18. The van der Waals surface area contributed by atoms with Gasteiger partial charge in [-0.25, -0.2) is 4.98 Å². The number of nitrogens with zero attached hydrogens (tertiary/aromatic N) is 1. The first kappa shape index (κ1) is 17.4. The van der Waals surface area contributed by atoms with Crippen molar-refractivity contribution >= 4 is 28.6 Å². The van der Waals surface area contributed by atoms with Crippen LogP contribution in [0.2, 0.25) is 0 Å². The lowest BCUT2D eigenvalue weighted by molar-refractivity contribution is 0.0943. The molecule has 2 heterocycles. The smallest absolute Gasteiger partial charge is 0.263 e. The van der Waals surface area contributed by atoms with Gasteiger partial charge in [-0.05, 0) is 30.5 Å². The third-order valence-electron chi connectivity index (χ3n) is 3.72. The summed E-state index contributed by atoms with van der Waals surface area (Å²) < 4.78 is 10.6. The van der Waals surface area contributed by atoms with Crippen LogP contribution in [0, 0.1) is 0 Å². The van der Waals surface area contributed by atoms with Crippen LogP contribution in [0.5, 0.6) is 11.5 Å². The predicted molar refractivity (Wildman–Crippen MR) is 101 cm³/mol. The Morgan fingerprint density at radius 2 is 2.08 bits per heavy atom. The van der Waals surface area contributed by atoms with E-state index in [-0.39, 0.29) is 11.9 Å². The molecule has 2 aromatic heterocycles. The van der Waals surface area contributed by atoms with E-state index in [1.165, 1.54) is 11.3 Å². The van der Waals surface area contributed by atoms with Gasteiger partial charge in [0.05, 0.1) is 31.3 Å². The van der Waals surface area contributed by atoms with E-state index >= 15 is 0 Å². The molecule has 1 unspecified atom stereocenters. The molecule has 0 spiro atoms. The van der Waals surface area contributed by atoms with Crippen molar-refractivity contribution in [3.05, 3.63) is 52.3 Å². The van der Waals surface area contributed by atoms with Gasteiger partial charge in [-0.2, -0.15) is 0 Å². The Balaban J connectivity index is 1.75. The van der Waals surface area contributed by atoms with E-state index in [4.69, 9.17) is 9.47 Å². The molecule has 25 heavy (non-hydrogen) atoms. The Labute approximate surface area is 154 Å². The van der Waals surface area contributed by atoms with Gasteiger partial charge in [0.2, 0.25) is 0 Å². The molecule has 5 nitrogen and oxygen atoms in total. The van der Waals surface area contributed by atoms with E-state index in [1.807, 2.05) is 36.6 Å². The summed E-state index contributed by atoms with van der Waals surface area (Å²) in [6.45, 7) is 1.92. The van der Waals surface area contributed by atoms with Crippen molar-refractivity contribution in [3.8, 4) is 21.4 Å². The zero-order chi connectivity index (χ0) is 17.8. The monoisotopic (exact) mass is 374 g/mol. The molecule has 3 aromatic rings. The molecule has 0 aliphatic heterocycles. The maximum absolute atomic E-state index is 12.5. The number of nitrogens with one attached hydrogen (secondary N) is 1. The lowest BCUT2D eigenvalue weighted by atomic mass is 10.1. The van der Waals surface area contributed by atoms with Crippen LogP contribution in [0.3, 0.4) is 0 Å². The minimum atomic E-state index is -0.208. The number of amides is 1. The average molecular weight is 374 g/mol. The van der Waals surface area contributed by atoms with Crippen molar-refractivity contribution in [1.29, 1.82) is 0 Å². The highest BCUT2D eigenvalue weighted by molar-refractivity contribution is 7.21. The normalized spacial score (nSPS) is 11.8. The van der Waals surface area contributed by atoms with Crippen LogP contribution in [0.15, 0.2) is 41.9 Å². The third kappa shape index (κ3) is 3.83. The fourth-order valence-electron chi connectivity index (χ4n) is 2.41. The molecule has 0 saturated carbocycles. The van der Waals surface area contributed by atoms with Crippen LogP contribution < -0.4 is 14.8 Å². The third-order valence-corrected chi connectivity index (χ3v) is 5.75. The largest absolute Gasteiger partial charge is 0.497 e. The lowest BCUT2D eigenvalue weighted by Crippen LogP contribution is -2.26. The number of thiophene rings is 1. The topological polar surface area (TPSA) is 60.5 Å². The van der Waals surface area contributed by atoms with Crippen LogP contribution >= 0.6 is 22.7 Å². The minimum Gasteiger partial charge on any atom is -0.497 e. The average Bonchev–Trinajstić information content (AvgIpc) is 3.32. The maximum atomic E-state index is 12.5. The van der Waals surface area contributed by atoms with Crippen molar-refractivity contribution in [2.75, 3.05) is 14.2 Å². The Kier molecular flexibility index (Phi) is 5.35. The molecule has 0 aliphatic rings. The van der Waals surface area contributed by atoms with Crippen molar-refractivity contribution in [1.82, 2.24) is 10.3 Å². The van der Waals surface area contributed by atoms with E-state index in [0.29, 0.717) is 16.4 Å². The van der Waals surface area contributed by atoms with E-state index in [2.05, 4.69) is 10.3 Å². The molecule has 1 amide bonds. The van der Waals surface area contributed by atoms with E-state index in [9.17, 15) is 4.79 Å². The molecular weight excluding hydrogens is 356 g/mol. The second-order valence-electron chi connectivity index (χ2n) is 5.31. The van der Waals surface area contributed by atoms with Crippen molar-refractivity contribution in [3.63, 3.8) is 0 Å². The van der Waals surface area contributed by atoms with Gasteiger partial charge in [-0.1, -0.05) is 6.07 Å². The summed E-state index contributed by atoms with van der Waals surface area (Å²) in [5, 5.41) is 5.85. The number of carbonyl (C=O) groups is 1. The first-order valence-corrected chi connectivity index (χ1v) is 9.34. The zero-order valence-electron chi connectivity index (χ0n) is 14.1. The van der Waals surface area contributed by atoms with Gasteiger partial charge < -0.3 is 14.8 Å². The number of carbonyl (C=O) groups excluding carboxylic acids is 1. The van der Waals surface area contributed by atoms with Gasteiger partial charge in [-0.3, -0.25) is 4.79 Å². The molecule has 1 N–H and O–H groups in total. The van der Waals surface area contributed by atoms with Crippen molar-refractivity contribution in [2.45, 2.75) is 13.0 Å². The van der Waals surface area contributed by atoms with Crippen molar-refractivity contribution < 1.29 is 14.3 Å². The molecule has 1 aromatic carbocycles. The highest BCUT2D eigenvalue weighted by atomic mass is 32.1. The summed E-state index contributed by atoms with van der Waals surface area (Å²) in [4.78, 5) is 18.5. The Morgan fingerprint density at radius 3 is 2.76 bits per heavy atom. The molecule has 0 radical (unpaired) electrons. The van der Waals surface area contributed by atoms with E-state index in [1.54, 1.807) is 37.8 Å². The molecule has 3 rings (SSSR count). The van der Waals surface area contributed by atoms with Crippen molar-refractivity contribution in [2.24, 2.45) is 0 Å². The SMILES string of the molecule is COc1ccc(C(C)NC(=O)c2cnc(-c3cccs3)s2)c(OC)c1. The first-order valence-electron chi connectivity index (χ1n) is 7.65. The van der Waals surface area contributed by atoms with Crippen LogP contribution in [-0.4, -0.2) is 25.1 Å². The minimum absolute atomic E-state index is 0.148. The summed E-state index contributed by atoms with van der Waals surface area (Å²) >= 11 is 3.00. The van der Waals surface area contributed by atoms with Crippen LogP contribution in [-0.2, 0) is 0 Å². The first-order chi connectivity index (χ1) is 12.1. The zero-order valence-corrected chi connectivity index (χ0v) is 15.7. The van der Waals surface area contributed by atoms with Gasteiger partial charge >= 0.3 is 0 Å². The molecule has 1 atom stereocenters. The maximum Gasteiger partial charge on any atom is 0.263 e. The lowest BCUT2D eigenvalue weighted by Gasteiger charge is -2.17. The van der Waals surface area contributed by atoms with Crippen LogP contribution in [0.4, 0.5) is 0 Å². The molecule has 0 fully saturated rings. The van der Waals surface area contributed by atoms with Gasteiger partial charge in [0.15, 0.2) is 0 Å². The Hall–Kier alpha value is -2.38. The van der Waals surface area contributed by atoms with Gasteiger partial charge in [0, 0.05) is 11.6 Å². The number of hydrogen-bond donors (Lipinski definition) is 1. The fourth-order valence-corrected chi connectivity index (χ4v) is 4.04. The second kappa shape index (κ2) is 7.67. The number of ether oxygens (including phenoxy) is 2. The molecule has 0 aliphatic carbocycles. The molecule has 7 heteroatoms. The Morgan fingerprint density at radius 1 is 1.24 bits per heavy atom. The van der Waals surface area contributed by atoms with Crippen LogP contribution in [0.25, 0.3) is 9.88 Å². The Bertz CT molecular complexity index is 859. The van der Waals surface area contributed by atoms with Gasteiger partial charge in [-0.15, -0.1) is 22.7 Å². The molecule has 0 saturated heterocycles. The number of methoxy groups -OCH3 is 2. The summed E-state index contributed by atoms with van der Waals surface area (Å²) in [7, 11) is 3.21. The standard InChI is InChI=1S/C18H18N2O3S2/c1-11(13-7-6-12(22-2)9-14(13)23-3)20-17(21)16-10-19-18(25-16)15-5-4-8-24-15/h4-11H,1-3H3,(H,20,21). The van der Waals surface area contributed by atoms with Crippen LogP contribution in [0.1, 0.15) is 28.2 Å². The second-order valence-corrected chi connectivity index (χ2v) is 7.29. The molecule has 130 valence electrons. The number of benzene rings is 1. The molecular formula is C18H18N2O3S2. The summed E-state index contributed by atoms with van der Waals surface area (Å²) in [6.07, 6.45) is 1.62. The van der Waals surface area contributed by atoms with E-state index < -0.39 is 0 Å². The summed E-state index contributed by atoms with van der Waals surface area (Å²) in [5.41, 5.74) is 0.889. The fraction of sp³-hybridized carbons (Fsp3) is 0.222.